The zero-order chi connectivity index (χ0) is 32.7. The van der Waals surface area contributed by atoms with Gasteiger partial charge in [0.15, 0.2) is 0 Å². The van der Waals surface area contributed by atoms with Crippen LogP contribution >= 0.6 is 0 Å². The summed E-state index contributed by atoms with van der Waals surface area (Å²) in [5.41, 5.74) is 2.98. The summed E-state index contributed by atoms with van der Waals surface area (Å²) in [5, 5.41) is 12.3. The van der Waals surface area contributed by atoms with Gasteiger partial charge in [-0.05, 0) is 42.9 Å². The van der Waals surface area contributed by atoms with Gasteiger partial charge in [0, 0.05) is 56.9 Å². The molecule has 2 heterocycles. The monoisotopic (exact) mass is 635 g/mol. The van der Waals surface area contributed by atoms with Crippen molar-refractivity contribution in [3.05, 3.63) is 65.7 Å². The third-order valence-electron chi connectivity index (χ3n) is 7.73. The maximum absolute atomic E-state index is 13.2. The molecular weight excluding hydrogens is 594 g/mol. The van der Waals surface area contributed by atoms with Gasteiger partial charge in [-0.3, -0.25) is 19.2 Å². The van der Waals surface area contributed by atoms with E-state index in [9.17, 15) is 28.8 Å². The van der Waals surface area contributed by atoms with Crippen LogP contribution in [0, 0.1) is 0 Å². The molecule has 0 radical (unpaired) electrons. The third kappa shape index (κ3) is 10.6. The summed E-state index contributed by atoms with van der Waals surface area (Å²) < 4.78 is 5.18. The lowest BCUT2D eigenvalue weighted by Gasteiger charge is -2.22. The standard InChI is InChI=1S/C33H41N5O8/c39-28(14-9-19-35-33(44)45-22-23-10-3-1-4-11-23)37-27(20-24-21-36-26-13-7-6-12-25(24)26)32(43)34-18-8-2-5-15-31(42)46-38-29(40)16-17-30(38)41/h1,3-4,6-7,10-13,24,27,36H,2,5,8-9,14-22H2,(H,34,43)(H,35,44)(H,37,39)/t24?,27-/m0/s1. The van der Waals surface area contributed by atoms with E-state index in [1.807, 2.05) is 54.6 Å². The number of alkyl carbamates (subject to hydrolysis) is 1. The molecule has 2 aromatic rings. The molecule has 1 saturated heterocycles. The average Bonchev–Trinajstić information content (AvgIpc) is 3.61. The van der Waals surface area contributed by atoms with Gasteiger partial charge in [-0.1, -0.05) is 55.0 Å². The number of hydrogen-bond donors (Lipinski definition) is 4. The summed E-state index contributed by atoms with van der Waals surface area (Å²) in [6, 6.07) is 16.4. The Labute approximate surface area is 267 Å². The summed E-state index contributed by atoms with van der Waals surface area (Å²) in [6.07, 6.45) is 2.11. The van der Waals surface area contributed by atoms with Crippen molar-refractivity contribution >= 4 is 41.4 Å². The molecule has 13 nitrogen and oxygen atoms in total. The quantitative estimate of drug-likeness (QED) is 0.151. The number of nitrogens with one attached hydrogen (secondary N) is 4. The molecule has 246 valence electrons. The first kappa shape index (κ1) is 33.9. The average molecular weight is 636 g/mol. The van der Waals surface area contributed by atoms with Crippen LogP contribution in [-0.2, 0) is 40.2 Å². The molecule has 2 atom stereocenters. The van der Waals surface area contributed by atoms with Gasteiger partial charge >= 0.3 is 12.1 Å². The number of fused-ring (bicyclic) bond motifs is 1. The van der Waals surface area contributed by atoms with Crippen LogP contribution in [0.4, 0.5) is 10.5 Å². The predicted octanol–water partition coefficient (Wildman–Crippen LogP) is 3.06. The van der Waals surface area contributed by atoms with Crippen LogP contribution in [-0.4, -0.2) is 66.4 Å². The van der Waals surface area contributed by atoms with Crippen molar-refractivity contribution in [2.45, 2.75) is 76.4 Å². The first-order valence-corrected chi connectivity index (χ1v) is 15.7. The summed E-state index contributed by atoms with van der Waals surface area (Å²) in [5.74, 6) is -2.25. The highest BCUT2D eigenvalue weighted by Gasteiger charge is 2.33. The molecule has 4 rings (SSSR count). The van der Waals surface area contributed by atoms with Gasteiger partial charge in [-0.15, -0.1) is 5.06 Å². The van der Waals surface area contributed by atoms with Gasteiger partial charge in [0.1, 0.15) is 12.6 Å². The number of unbranched alkanes of at least 4 members (excludes halogenated alkanes) is 2. The van der Waals surface area contributed by atoms with Crippen LogP contribution < -0.4 is 21.3 Å². The smallest absolute Gasteiger partial charge is 0.407 e. The van der Waals surface area contributed by atoms with Crippen molar-refractivity contribution in [3.8, 4) is 0 Å². The zero-order valence-corrected chi connectivity index (χ0v) is 25.8. The predicted molar refractivity (Wildman–Crippen MR) is 167 cm³/mol. The number of rotatable bonds is 17. The SMILES string of the molecule is O=C(CCCNC(=O)OCc1ccccc1)N[C@@H](CC1CNc2ccccc21)C(=O)NCCCCCC(=O)ON1C(=O)CCC1=O. The minimum Gasteiger partial charge on any atom is -0.445 e. The molecule has 2 aromatic carbocycles. The molecule has 0 saturated carbocycles. The Morgan fingerprint density at radius 2 is 1.57 bits per heavy atom. The van der Waals surface area contributed by atoms with Crippen molar-refractivity contribution in [1.29, 1.82) is 0 Å². The Morgan fingerprint density at radius 3 is 2.35 bits per heavy atom. The second kappa shape index (κ2) is 17.5. The topological polar surface area (TPSA) is 172 Å². The Morgan fingerprint density at radius 1 is 0.848 bits per heavy atom. The van der Waals surface area contributed by atoms with Crippen molar-refractivity contribution in [2.24, 2.45) is 0 Å². The molecule has 4 N–H and O–H groups in total. The van der Waals surface area contributed by atoms with Crippen molar-refractivity contribution in [3.63, 3.8) is 0 Å². The third-order valence-corrected chi connectivity index (χ3v) is 7.73. The number of imide groups is 1. The molecule has 46 heavy (non-hydrogen) atoms. The van der Waals surface area contributed by atoms with E-state index in [0.717, 1.165) is 16.8 Å². The van der Waals surface area contributed by atoms with E-state index in [4.69, 9.17) is 9.57 Å². The highest BCUT2D eigenvalue weighted by atomic mass is 16.7. The number of hydroxylamine groups is 2. The number of carbonyl (C=O) groups is 6. The maximum Gasteiger partial charge on any atom is 0.407 e. The van der Waals surface area contributed by atoms with E-state index in [1.165, 1.54) is 0 Å². The van der Waals surface area contributed by atoms with Gasteiger partial charge in [0.05, 0.1) is 0 Å². The van der Waals surface area contributed by atoms with Crippen LogP contribution in [0.25, 0.3) is 0 Å². The first-order chi connectivity index (χ1) is 22.3. The molecule has 0 bridgehead atoms. The molecular formula is C33H41N5O8. The van der Waals surface area contributed by atoms with Gasteiger partial charge in [0.25, 0.3) is 11.8 Å². The molecule has 0 aliphatic carbocycles. The molecule has 0 spiro atoms. The number of ether oxygens (including phenoxy) is 1. The van der Waals surface area contributed by atoms with Crippen LogP contribution in [0.2, 0.25) is 0 Å². The fourth-order valence-electron chi connectivity index (χ4n) is 5.27. The van der Waals surface area contributed by atoms with E-state index in [0.29, 0.717) is 50.3 Å². The lowest BCUT2D eigenvalue weighted by molar-refractivity contribution is -0.197. The number of carbonyl (C=O) groups excluding carboxylic acids is 6. The minimum atomic E-state index is -0.764. The van der Waals surface area contributed by atoms with Gasteiger partial charge in [-0.2, -0.15) is 0 Å². The van der Waals surface area contributed by atoms with Crippen LogP contribution in [0.1, 0.15) is 74.8 Å². The summed E-state index contributed by atoms with van der Waals surface area (Å²) in [6.45, 7) is 1.39. The minimum absolute atomic E-state index is 0.0358. The normalized spacial score (nSPS) is 15.8. The zero-order valence-electron chi connectivity index (χ0n) is 25.8. The Bertz CT molecular complexity index is 1370. The maximum atomic E-state index is 13.2. The molecule has 0 aromatic heterocycles. The van der Waals surface area contributed by atoms with Crippen molar-refractivity contribution < 1.29 is 38.3 Å². The number of amides is 5. The van der Waals surface area contributed by atoms with Crippen LogP contribution in [0.5, 0.6) is 0 Å². The Hall–Kier alpha value is -4.94. The highest BCUT2D eigenvalue weighted by Crippen LogP contribution is 2.34. The van der Waals surface area contributed by atoms with Crippen molar-refractivity contribution in [2.75, 3.05) is 25.0 Å². The number of hydrogen-bond acceptors (Lipinski definition) is 9. The second-order valence-electron chi connectivity index (χ2n) is 11.3. The van der Waals surface area contributed by atoms with Gasteiger partial charge < -0.3 is 30.8 Å². The van der Waals surface area contributed by atoms with Crippen LogP contribution in [0.15, 0.2) is 54.6 Å². The number of benzene rings is 2. The molecule has 5 amide bonds. The number of nitrogens with zero attached hydrogens (tertiary/aromatic N) is 1. The Balaban J connectivity index is 1.17. The summed E-state index contributed by atoms with van der Waals surface area (Å²) in [7, 11) is 0. The fraction of sp³-hybridized carbons (Fsp3) is 0.455. The van der Waals surface area contributed by atoms with Crippen LogP contribution in [0.3, 0.4) is 0 Å². The summed E-state index contributed by atoms with van der Waals surface area (Å²) in [4.78, 5) is 78.0. The van der Waals surface area contributed by atoms with E-state index in [2.05, 4.69) is 21.3 Å². The van der Waals surface area contributed by atoms with Gasteiger partial charge in [0.2, 0.25) is 11.8 Å². The summed E-state index contributed by atoms with van der Waals surface area (Å²) >= 11 is 0. The number of para-hydroxylation sites is 1. The molecule has 1 unspecified atom stereocenters. The van der Waals surface area contributed by atoms with E-state index >= 15 is 0 Å². The molecule has 2 aliphatic heterocycles. The molecule has 13 heteroatoms. The molecule has 1 fully saturated rings. The molecule has 2 aliphatic rings. The second-order valence-corrected chi connectivity index (χ2v) is 11.3. The highest BCUT2D eigenvalue weighted by molar-refractivity contribution is 6.01. The van der Waals surface area contributed by atoms with Gasteiger partial charge in [-0.25, -0.2) is 9.59 Å². The fourth-order valence-corrected chi connectivity index (χ4v) is 5.27. The van der Waals surface area contributed by atoms with Crippen molar-refractivity contribution in [1.82, 2.24) is 21.0 Å². The largest absolute Gasteiger partial charge is 0.445 e. The van der Waals surface area contributed by atoms with E-state index < -0.39 is 29.9 Å². The number of anilines is 1. The Kier molecular flexibility index (Phi) is 12.9. The lowest BCUT2D eigenvalue weighted by Crippen LogP contribution is -2.48. The lowest BCUT2D eigenvalue weighted by atomic mass is 9.93. The van der Waals surface area contributed by atoms with E-state index in [-0.39, 0.29) is 56.6 Å². The first-order valence-electron chi connectivity index (χ1n) is 15.7. The van der Waals surface area contributed by atoms with E-state index in [1.54, 1.807) is 0 Å².